The molecule has 4 rings (SSSR count). The fraction of sp³-hybridized carbons (Fsp3) is 0.250. The topological polar surface area (TPSA) is 70.5 Å². The number of likely N-dealkylation sites (N-methyl/N-ethyl adjacent to an activating group) is 1. The number of carbonyl (C=O) groups excluding carboxylic acids is 1. The molecule has 36 heavy (non-hydrogen) atoms. The van der Waals surface area contributed by atoms with E-state index in [9.17, 15) is 9.59 Å². The number of aromatic nitrogens is 2. The van der Waals surface area contributed by atoms with E-state index in [0.717, 1.165) is 10.2 Å². The predicted octanol–water partition coefficient (Wildman–Crippen LogP) is 5.70. The quantitative estimate of drug-likeness (QED) is 0.307. The Bertz CT molecular complexity index is 1390. The molecule has 4 aromatic rings. The van der Waals surface area contributed by atoms with Crippen molar-refractivity contribution in [1.29, 1.82) is 0 Å². The van der Waals surface area contributed by atoms with Crippen LogP contribution in [0.3, 0.4) is 0 Å². The van der Waals surface area contributed by atoms with Gasteiger partial charge in [-0.25, -0.2) is 9.78 Å². The van der Waals surface area contributed by atoms with Crippen LogP contribution < -0.4 is 10.9 Å². The Kier molecular flexibility index (Phi) is 8.18. The number of halogens is 1. The predicted molar refractivity (Wildman–Crippen MR) is 149 cm³/mol. The van der Waals surface area contributed by atoms with Crippen molar-refractivity contribution in [3.05, 3.63) is 99.5 Å². The van der Waals surface area contributed by atoms with Crippen molar-refractivity contribution < 1.29 is 4.79 Å². The highest BCUT2D eigenvalue weighted by Gasteiger charge is 2.29. The fourth-order valence-corrected chi connectivity index (χ4v) is 4.44. The molecule has 186 valence electrons. The number of urea groups is 1. The van der Waals surface area contributed by atoms with E-state index < -0.39 is 6.04 Å². The molecule has 0 aliphatic rings. The summed E-state index contributed by atoms with van der Waals surface area (Å²) in [4.78, 5) is 36.2. The van der Waals surface area contributed by atoms with Gasteiger partial charge < -0.3 is 15.1 Å². The number of nitrogens with zero attached hydrogens (tertiary/aromatic N) is 4. The maximum absolute atomic E-state index is 13.7. The normalized spacial score (nSPS) is 12.0. The standard InChI is InChI=1S/C28H30BrN5O2/c1-4-25(33(19-18-32(2)3)28(36)30-21-16-14-20(29)15-17-21)26-31-24-13-9-8-12-23(24)27(35)34(26)22-10-6-5-7-11-22/h5-17,25H,4,18-19H2,1-3H3,(H,30,36). The van der Waals surface area contributed by atoms with Crippen molar-refractivity contribution in [2.24, 2.45) is 0 Å². The van der Waals surface area contributed by atoms with Crippen molar-refractivity contribution in [1.82, 2.24) is 19.4 Å². The molecule has 0 aliphatic carbocycles. The Hall–Kier alpha value is -3.49. The number of fused-ring (bicyclic) bond motifs is 1. The second-order valence-electron chi connectivity index (χ2n) is 8.82. The SMILES string of the molecule is CCC(c1nc2ccccc2c(=O)n1-c1ccccc1)N(CCN(C)C)C(=O)Nc1ccc(Br)cc1. The lowest BCUT2D eigenvalue weighted by Gasteiger charge is -2.33. The lowest BCUT2D eigenvalue weighted by Crippen LogP contribution is -2.43. The highest BCUT2D eigenvalue weighted by atomic mass is 79.9. The molecule has 7 nitrogen and oxygen atoms in total. The fourth-order valence-electron chi connectivity index (χ4n) is 4.18. The molecule has 3 aromatic carbocycles. The van der Waals surface area contributed by atoms with E-state index >= 15 is 0 Å². The second kappa shape index (κ2) is 11.5. The molecule has 0 fully saturated rings. The first kappa shape index (κ1) is 25.6. The van der Waals surface area contributed by atoms with Crippen LogP contribution in [0.15, 0.2) is 88.1 Å². The van der Waals surface area contributed by atoms with E-state index in [-0.39, 0.29) is 11.6 Å². The van der Waals surface area contributed by atoms with Gasteiger partial charge in [-0.2, -0.15) is 0 Å². The van der Waals surface area contributed by atoms with Gasteiger partial charge in [-0.15, -0.1) is 0 Å². The summed E-state index contributed by atoms with van der Waals surface area (Å²) in [5, 5.41) is 3.56. The molecule has 0 aliphatic heterocycles. The summed E-state index contributed by atoms with van der Waals surface area (Å²) in [6.07, 6.45) is 0.582. The Morgan fingerprint density at radius 3 is 2.31 bits per heavy atom. The van der Waals surface area contributed by atoms with Crippen LogP contribution in [-0.4, -0.2) is 52.6 Å². The number of rotatable bonds is 8. The van der Waals surface area contributed by atoms with Crippen molar-refractivity contribution in [2.75, 3.05) is 32.5 Å². The average Bonchev–Trinajstić information content (AvgIpc) is 2.88. The van der Waals surface area contributed by atoms with Gasteiger partial charge in [0.2, 0.25) is 0 Å². The Morgan fingerprint density at radius 1 is 0.972 bits per heavy atom. The number of anilines is 1. The van der Waals surface area contributed by atoms with E-state index in [2.05, 4.69) is 21.2 Å². The lowest BCUT2D eigenvalue weighted by molar-refractivity contribution is 0.173. The molecule has 1 N–H and O–H groups in total. The van der Waals surface area contributed by atoms with Crippen molar-refractivity contribution in [3.63, 3.8) is 0 Å². The molecule has 2 amide bonds. The molecule has 0 bridgehead atoms. The number of amides is 2. The summed E-state index contributed by atoms with van der Waals surface area (Å²) in [6.45, 7) is 3.13. The average molecular weight is 548 g/mol. The lowest BCUT2D eigenvalue weighted by atomic mass is 10.1. The largest absolute Gasteiger partial charge is 0.322 e. The van der Waals surface area contributed by atoms with Gasteiger partial charge in [-0.1, -0.05) is 53.2 Å². The van der Waals surface area contributed by atoms with Crippen LogP contribution in [0.5, 0.6) is 0 Å². The number of carbonyl (C=O) groups is 1. The molecule has 1 unspecified atom stereocenters. The van der Waals surface area contributed by atoms with Crippen LogP contribution in [0, 0.1) is 0 Å². The van der Waals surface area contributed by atoms with Crippen LogP contribution in [0.25, 0.3) is 16.6 Å². The molecule has 0 saturated carbocycles. The number of nitrogens with one attached hydrogen (secondary N) is 1. The van der Waals surface area contributed by atoms with Gasteiger partial charge in [0, 0.05) is 23.2 Å². The minimum absolute atomic E-state index is 0.152. The highest BCUT2D eigenvalue weighted by Crippen LogP contribution is 2.27. The first-order chi connectivity index (χ1) is 17.4. The van der Waals surface area contributed by atoms with Gasteiger partial charge >= 0.3 is 6.03 Å². The minimum Gasteiger partial charge on any atom is -0.313 e. The Labute approximate surface area is 219 Å². The zero-order valence-electron chi connectivity index (χ0n) is 20.7. The molecular weight excluding hydrogens is 518 g/mol. The molecule has 0 spiro atoms. The van der Waals surface area contributed by atoms with Gasteiger partial charge in [0.15, 0.2) is 0 Å². The number of hydrogen-bond acceptors (Lipinski definition) is 4. The van der Waals surface area contributed by atoms with Gasteiger partial charge in [0.05, 0.1) is 22.6 Å². The van der Waals surface area contributed by atoms with E-state index in [4.69, 9.17) is 4.98 Å². The Morgan fingerprint density at radius 2 is 1.64 bits per heavy atom. The van der Waals surface area contributed by atoms with E-state index in [0.29, 0.717) is 41.9 Å². The summed E-state index contributed by atoms with van der Waals surface area (Å²) in [6, 6.07) is 23.6. The summed E-state index contributed by atoms with van der Waals surface area (Å²) >= 11 is 3.43. The van der Waals surface area contributed by atoms with Crippen LogP contribution in [-0.2, 0) is 0 Å². The van der Waals surface area contributed by atoms with Gasteiger partial charge in [-0.3, -0.25) is 9.36 Å². The van der Waals surface area contributed by atoms with Crippen molar-refractivity contribution in [3.8, 4) is 5.69 Å². The number of para-hydroxylation sites is 2. The molecule has 1 heterocycles. The maximum atomic E-state index is 13.7. The second-order valence-corrected chi connectivity index (χ2v) is 9.74. The smallest absolute Gasteiger partial charge is 0.313 e. The van der Waals surface area contributed by atoms with Crippen LogP contribution >= 0.6 is 15.9 Å². The third-order valence-corrected chi connectivity index (χ3v) is 6.55. The highest BCUT2D eigenvalue weighted by molar-refractivity contribution is 9.10. The van der Waals surface area contributed by atoms with Gasteiger partial charge in [0.25, 0.3) is 5.56 Å². The van der Waals surface area contributed by atoms with Crippen LogP contribution in [0.2, 0.25) is 0 Å². The Balaban J connectivity index is 1.84. The zero-order valence-corrected chi connectivity index (χ0v) is 22.3. The summed E-state index contributed by atoms with van der Waals surface area (Å²) < 4.78 is 2.58. The van der Waals surface area contributed by atoms with Crippen LogP contribution in [0.1, 0.15) is 25.2 Å². The first-order valence-corrected chi connectivity index (χ1v) is 12.7. The molecular formula is C28H30BrN5O2. The third kappa shape index (κ3) is 5.66. The van der Waals surface area contributed by atoms with Crippen molar-refractivity contribution >= 4 is 38.6 Å². The van der Waals surface area contributed by atoms with Gasteiger partial charge in [0.1, 0.15) is 5.82 Å². The summed E-state index contributed by atoms with van der Waals surface area (Å²) in [7, 11) is 3.94. The minimum atomic E-state index is -0.432. The molecule has 0 radical (unpaired) electrons. The van der Waals surface area contributed by atoms with E-state index in [1.54, 1.807) is 15.5 Å². The number of benzene rings is 3. The number of hydrogen-bond donors (Lipinski definition) is 1. The van der Waals surface area contributed by atoms with Gasteiger partial charge in [-0.05, 0) is 69.0 Å². The monoisotopic (exact) mass is 547 g/mol. The first-order valence-electron chi connectivity index (χ1n) is 11.9. The molecule has 0 saturated heterocycles. The molecule has 1 atom stereocenters. The van der Waals surface area contributed by atoms with Crippen LogP contribution in [0.4, 0.5) is 10.5 Å². The third-order valence-electron chi connectivity index (χ3n) is 6.02. The summed E-state index contributed by atoms with van der Waals surface area (Å²) in [5.74, 6) is 0.539. The van der Waals surface area contributed by atoms with Crippen molar-refractivity contribution in [2.45, 2.75) is 19.4 Å². The summed E-state index contributed by atoms with van der Waals surface area (Å²) in [5.41, 5.74) is 1.88. The maximum Gasteiger partial charge on any atom is 0.322 e. The van der Waals surface area contributed by atoms with E-state index in [1.165, 1.54) is 0 Å². The molecule has 8 heteroatoms. The van der Waals surface area contributed by atoms with E-state index in [1.807, 2.05) is 98.7 Å². The zero-order chi connectivity index (χ0) is 25.7. The molecule has 1 aromatic heterocycles.